The molecular formula is C7H9F3N3OP. The first kappa shape index (κ1) is 12.0. The first-order chi connectivity index (χ1) is 6.68. The number of alkyl halides is 3. The lowest BCUT2D eigenvalue weighted by atomic mass is 10.2. The molecule has 0 atom stereocenters. The molecule has 4 nitrogen and oxygen atoms in total. The van der Waals surface area contributed by atoms with Crippen LogP contribution in [0.5, 0.6) is 0 Å². The fourth-order valence-corrected chi connectivity index (χ4v) is 1.51. The third kappa shape index (κ3) is 3.91. The highest BCUT2D eigenvalue weighted by Crippen LogP contribution is 2.33. The second-order valence-electron chi connectivity index (χ2n) is 2.90. The standard InChI is InChI=1S/C7H9F3N3OP/c8-7(9,10)5-2-1-3-6(4-5)13-15(11,12)14/h1-4H,(H5,11,12,13,14). The molecule has 0 aliphatic carbocycles. The van der Waals surface area contributed by atoms with Crippen molar-refractivity contribution in [2.24, 2.45) is 11.0 Å². The molecule has 0 fully saturated rings. The minimum atomic E-state index is -4.45. The summed E-state index contributed by atoms with van der Waals surface area (Å²) in [5, 5.41) is 2.10. The highest BCUT2D eigenvalue weighted by Gasteiger charge is 2.30. The van der Waals surface area contributed by atoms with E-state index in [1.807, 2.05) is 0 Å². The van der Waals surface area contributed by atoms with Crippen molar-refractivity contribution in [2.45, 2.75) is 6.18 Å². The summed E-state index contributed by atoms with van der Waals surface area (Å²) in [6.45, 7) is 0. The Morgan fingerprint density at radius 1 is 1.27 bits per heavy atom. The van der Waals surface area contributed by atoms with Crippen LogP contribution >= 0.6 is 7.59 Å². The number of hydrogen-bond donors (Lipinski definition) is 3. The molecule has 0 saturated heterocycles. The SMILES string of the molecule is NP(N)(=O)Nc1cccc(C(F)(F)F)c1. The van der Waals surface area contributed by atoms with Crippen LogP contribution in [-0.4, -0.2) is 0 Å². The Balaban J connectivity index is 2.99. The van der Waals surface area contributed by atoms with E-state index < -0.39 is 19.3 Å². The van der Waals surface area contributed by atoms with Crippen LogP contribution in [0.15, 0.2) is 24.3 Å². The zero-order valence-corrected chi connectivity index (χ0v) is 8.35. The lowest BCUT2D eigenvalue weighted by Crippen LogP contribution is -2.14. The molecule has 0 radical (unpaired) electrons. The van der Waals surface area contributed by atoms with Crippen molar-refractivity contribution in [1.82, 2.24) is 0 Å². The van der Waals surface area contributed by atoms with Gasteiger partial charge in [-0.15, -0.1) is 0 Å². The zero-order valence-electron chi connectivity index (χ0n) is 7.45. The topological polar surface area (TPSA) is 81.1 Å². The number of rotatable bonds is 2. The largest absolute Gasteiger partial charge is 0.416 e. The van der Waals surface area contributed by atoms with Crippen molar-refractivity contribution in [3.8, 4) is 0 Å². The van der Waals surface area contributed by atoms with Crippen LogP contribution in [0.1, 0.15) is 5.56 Å². The summed E-state index contributed by atoms with van der Waals surface area (Å²) in [5.41, 5.74) is 9.05. The van der Waals surface area contributed by atoms with Gasteiger partial charge in [0.1, 0.15) is 0 Å². The fourth-order valence-electron chi connectivity index (χ4n) is 0.967. The van der Waals surface area contributed by atoms with E-state index in [1.165, 1.54) is 12.1 Å². The second-order valence-corrected chi connectivity index (χ2v) is 4.54. The van der Waals surface area contributed by atoms with E-state index in [1.54, 1.807) is 0 Å². The van der Waals surface area contributed by atoms with E-state index in [2.05, 4.69) is 5.09 Å². The first-order valence-corrected chi connectivity index (χ1v) is 5.66. The highest BCUT2D eigenvalue weighted by molar-refractivity contribution is 7.60. The molecule has 1 rings (SSSR count). The Morgan fingerprint density at radius 3 is 2.33 bits per heavy atom. The first-order valence-electron chi connectivity index (χ1n) is 3.81. The molecule has 0 saturated carbocycles. The summed E-state index contributed by atoms with van der Waals surface area (Å²) >= 11 is 0. The summed E-state index contributed by atoms with van der Waals surface area (Å²) in [5.74, 6) is 0. The smallest absolute Gasteiger partial charge is 0.313 e. The van der Waals surface area contributed by atoms with Gasteiger partial charge < -0.3 is 5.09 Å². The van der Waals surface area contributed by atoms with Crippen molar-refractivity contribution in [3.05, 3.63) is 29.8 Å². The number of anilines is 1. The maximum Gasteiger partial charge on any atom is 0.416 e. The van der Waals surface area contributed by atoms with Crippen LogP contribution in [0.3, 0.4) is 0 Å². The number of nitrogens with one attached hydrogen (secondary N) is 1. The molecule has 0 amide bonds. The molecule has 5 N–H and O–H groups in total. The van der Waals surface area contributed by atoms with Crippen LogP contribution < -0.4 is 16.1 Å². The van der Waals surface area contributed by atoms with Gasteiger partial charge in [0.2, 0.25) is 0 Å². The second kappa shape index (κ2) is 3.84. The van der Waals surface area contributed by atoms with E-state index in [0.717, 1.165) is 12.1 Å². The average Bonchev–Trinajstić information content (AvgIpc) is 1.99. The minimum absolute atomic E-state index is 0.0295. The molecule has 0 spiro atoms. The van der Waals surface area contributed by atoms with Crippen LogP contribution in [-0.2, 0) is 10.7 Å². The fraction of sp³-hybridized carbons (Fsp3) is 0.143. The quantitative estimate of drug-likeness (QED) is 0.690. The summed E-state index contributed by atoms with van der Waals surface area (Å²) in [6.07, 6.45) is -4.45. The molecule has 0 aliphatic rings. The van der Waals surface area contributed by atoms with Gasteiger partial charge in [-0.2, -0.15) is 13.2 Å². The molecule has 1 aromatic carbocycles. The highest BCUT2D eigenvalue weighted by atomic mass is 31.2. The van der Waals surface area contributed by atoms with Gasteiger partial charge in [0.25, 0.3) is 7.59 Å². The van der Waals surface area contributed by atoms with E-state index in [9.17, 15) is 17.7 Å². The molecule has 0 aromatic heterocycles. The van der Waals surface area contributed by atoms with E-state index >= 15 is 0 Å². The van der Waals surface area contributed by atoms with E-state index in [4.69, 9.17) is 11.0 Å². The number of benzene rings is 1. The summed E-state index contributed by atoms with van der Waals surface area (Å²) in [7, 11) is -3.58. The average molecular weight is 239 g/mol. The molecule has 8 heteroatoms. The van der Waals surface area contributed by atoms with Gasteiger partial charge in [0, 0.05) is 5.69 Å². The Kier molecular flexibility index (Phi) is 3.08. The van der Waals surface area contributed by atoms with E-state index in [0.29, 0.717) is 0 Å². The Bertz CT molecular complexity index is 401. The maximum absolute atomic E-state index is 12.2. The van der Waals surface area contributed by atoms with Gasteiger partial charge in [-0.05, 0) is 18.2 Å². The Hall–Kier alpha value is -1.04. The van der Waals surface area contributed by atoms with Crippen LogP contribution in [0.4, 0.5) is 18.9 Å². The van der Waals surface area contributed by atoms with Crippen molar-refractivity contribution in [2.75, 3.05) is 5.09 Å². The van der Waals surface area contributed by atoms with Crippen LogP contribution in [0, 0.1) is 0 Å². The normalized spacial score (nSPS) is 12.6. The number of halogens is 3. The predicted molar refractivity (Wildman–Crippen MR) is 51.0 cm³/mol. The van der Waals surface area contributed by atoms with Gasteiger partial charge in [-0.1, -0.05) is 6.07 Å². The van der Waals surface area contributed by atoms with Crippen molar-refractivity contribution in [3.63, 3.8) is 0 Å². The molecule has 0 unspecified atom stereocenters. The number of nitrogens with two attached hydrogens (primary N) is 2. The van der Waals surface area contributed by atoms with Crippen molar-refractivity contribution < 1.29 is 17.7 Å². The lowest BCUT2D eigenvalue weighted by Gasteiger charge is -2.12. The molecule has 84 valence electrons. The maximum atomic E-state index is 12.2. The third-order valence-electron chi connectivity index (χ3n) is 1.49. The van der Waals surface area contributed by atoms with Gasteiger partial charge in [-0.25, -0.2) is 0 Å². The van der Waals surface area contributed by atoms with Crippen LogP contribution in [0.2, 0.25) is 0 Å². The molecule has 15 heavy (non-hydrogen) atoms. The summed E-state index contributed by atoms with van der Waals surface area (Å²) in [4.78, 5) is 0. The van der Waals surface area contributed by atoms with Gasteiger partial charge in [-0.3, -0.25) is 15.6 Å². The minimum Gasteiger partial charge on any atom is -0.313 e. The third-order valence-corrected chi connectivity index (χ3v) is 2.10. The van der Waals surface area contributed by atoms with Gasteiger partial charge in [0.15, 0.2) is 0 Å². The zero-order chi connectivity index (χ0) is 11.7. The van der Waals surface area contributed by atoms with Crippen molar-refractivity contribution >= 4 is 13.3 Å². The molecule has 1 aromatic rings. The molecule has 0 aliphatic heterocycles. The summed E-state index contributed by atoms with van der Waals surface area (Å²) in [6, 6.07) is 4.14. The number of hydrogen-bond acceptors (Lipinski definition) is 1. The Labute approximate surface area is 84.0 Å². The predicted octanol–water partition coefficient (Wildman–Crippen LogP) is 2.14. The van der Waals surface area contributed by atoms with Gasteiger partial charge in [0.05, 0.1) is 5.56 Å². The van der Waals surface area contributed by atoms with E-state index in [-0.39, 0.29) is 5.69 Å². The monoisotopic (exact) mass is 239 g/mol. The summed E-state index contributed by atoms with van der Waals surface area (Å²) < 4.78 is 47.6. The van der Waals surface area contributed by atoms with Crippen molar-refractivity contribution in [1.29, 1.82) is 0 Å². The van der Waals surface area contributed by atoms with Crippen LogP contribution in [0.25, 0.3) is 0 Å². The Morgan fingerprint density at radius 2 is 1.87 bits per heavy atom. The molecular weight excluding hydrogens is 230 g/mol. The molecule has 0 bridgehead atoms. The lowest BCUT2D eigenvalue weighted by molar-refractivity contribution is -0.137. The van der Waals surface area contributed by atoms with Gasteiger partial charge >= 0.3 is 6.18 Å². The molecule has 0 heterocycles.